The molecule has 0 saturated carbocycles. The smallest absolute Gasteiger partial charge is 0.226 e. The Hall–Kier alpha value is -2.95. The summed E-state index contributed by atoms with van der Waals surface area (Å²) in [5.74, 6) is -0.357. The quantitative estimate of drug-likeness (QED) is 0.782. The number of rotatable bonds is 5. The lowest BCUT2D eigenvalue weighted by atomic mass is 10.1. The largest absolute Gasteiger partial charge is 0.349 e. The lowest BCUT2D eigenvalue weighted by Crippen LogP contribution is -2.28. The average molecular weight is 323 g/mol. The molecule has 0 bridgehead atoms. The lowest BCUT2D eigenvalue weighted by molar-refractivity contribution is -0.121. The maximum Gasteiger partial charge on any atom is 0.226 e. The molecule has 0 saturated heterocycles. The Morgan fingerprint density at radius 3 is 2.71 bits per heavy atom. The summed E-state index contributed by atoms with van der Waals surface area (Å²) < 4.78 is 14.9. The third-order valence-corrected chi connectivity index (χ3v) is 3.84. The van der Waals surface area contributed by atoms with Gasteiger partial charge in [0, 0.05) is 30.0 Å². The van der Waals surface area contributed by atoms with E-state index in [1.165, 1.54) is 12.1 Å². The first-order valence-corrected chi connectivity index (χ1v) is 7.75. The topological polar surface area (TPSA) is 46.9 Å². The van der Waals surface area contributed by atoms with Crippen molar-refractivity contribution in [1.29, 1.82) is 0 Å². The molecule has 0 unspecified atom stereocenters. The molecule has 1 aromatic carbocycles. The third kappa shape index (κ3) is 3.68. The van der Waals surface area contributed by atoms with Crippen molar-refractivity contribution in [2.75, 3.05) is 0 Å². The Kier molecular flexibility index (Phi) is 4.70. The second-order valence-corrected chi connectivity index (χ2v) is 5.60. The van der Waals surface area contributed by atoms with E-state index >= 15 is 0 Å². The minimum atomic E-state index is -0.282. The molecule has 0 aliphatic rings. The summed E-state index contributed by atoms with van der Waals surface area (Å²) in [7, 11) is 0. The Balaban J connectivity index is 1.69. The van der Waals surface area contributed by atoms with Crippen LogP contribution in [-0.4, -0.2) is 15.5 Å². The van der Waals surface area contributed by atoms with E-state index in [0.29, 0.717) is 0 Å². The van der Waals surface area contributed by atoms with E-state index in [0.717, 1.165) is 16.9 Å². The van der Waals surface area contributed by atoms with E-state index in [-0.39, 0.29) is 24.2 Å². The van der Waals surface area contributed by atoms with E-state index in [9.17, 15) is 9.18 Å². The summed E-state index contributed by atoms with van der Waals surface area (Å²) in [5.41, 5.74) is 2.63. The van der Waals surface area contributed by atoms with Crippen LogP contribution in [0, 0.1) is 5.82 Å². The first-order chi connectivity index (χ1) is 11.6. The lowest BCUT2D eigenvalue weighted by Gasteiger charge is -2.15. The number of hydrogen-bond acceptors (Lipinski definition) is 2. The summed E-state index contributed by atoms with van der Waals surface area (Å²) in [6, 6.07) is 13.6. The number of hydrogen-bond donors (Lipinski definition) is 1. The number of benzene rings is 1. The average Bonchev–Trinajstić information content (AvgIpc) is 3.04. The number of aromatic nitrogens is 2. The molecule has 24 heavy (non-hydrogen) atoms. The molecular formula is C19H18FN3O. The molecule has 0 fully saturated rings. The SMILES string of the molecule is C[C@@H](NC(=O)Cc1cccn1-c1ccc(F)cc1)c1cccnc1. The van der Waals surface area contributed by atoms with Crippen molar-refractivity contribution < 1.29 is 9.18 Å². The van der Waals surface area contributed by atoms with Crippen LogP contribution in [0.15, 0.2) is 67.1 Å². The van der Waals surface area contributed by atoms with E-state index in [1.54, 1.807) is 24.5 Å². The van der Waals surface area contributed by atoms with Gasteiger partial charge in [-0.3, -0.25) is 9.78 Å². The van der Waals surface area contributed by atoms with Gasteiger partial charge in [-0.05, 0) is 55.0 Å². The number of amides is 1. The van der Waals surface area contributed by atoms with E-state index in [1.807, 2.05) is 42.0 Å². The summed E-state index contributed by atoms with van der Waals surface area (Å²) in [6.45, 7) is 1.92. The second-order valence-electron chi connectivity index (χ2n) is 5.60. The van der Waals surface area contributed by atoms with Gasteiger partial charge in [0.25, 0.3) is 0 Å². The Labute approximate surface area is 140 Å². The maximum absolute atomic E-state index is 13.1. The van der Waals surface area contributed by atoms with Gasteiger partial charge in [0.1, 0.15) is 5.82 Å². The van der Waals surface area contributed by atoms with Crippen molar-refractivity contribution in [3.63, 3.8) is 0 Å². The predicted molar refractivity (Wildman–Crippen MR) is 90.2 cm³/mol. The Morgan fingerprint density at radius 2 is 2.00 bits per heavy atom. The van der Waals surface area contributed by atoms with Gasteiger partial charge in [0.05, 0.1) is 12.5 Å². The van der Waals surface area contributed by atoms with Crippen molar-refractivity contribution in [2.24, 2.45) is 0 Å². The number of nitrogens with one attached hydrogen (secondary N) is 1. The van der Waals surface area contributed by atoms with Gasteiger partial charge in [-0.15, -0.1) is 0 Å². The van der Waals surface area contributed by atoms with Crippen molar-refractivity contribution in [3.05, 3.63) is 84.2 Å². The summed E-state index contributed by atoms with van der Waals surface area (Å²) in [4.78, 5) is 16.4. The van der Waals surface area contributed by atoms with Crippen molar-refractivity contribution in [1.82, 2.24) is 14.9 Å². The number of halogens is 1. The number of carbonyl (C=O) groups excluding carboxylic acids is 1. The van der Waals surface area contributed by atoms with Crippen LogP contribution in [0.1, 0.15) is 24.2 Å². The van der Waals surface area contributed by atoms with E-state index < -0.39 is 0 Å². The minimum Gasteiger partial charge on any atom is -0.349 e. The van der Waals surface area contributed by atoms with E-state index in [4.69, 9.17) is 0 Å². The molecule has 1 amide bonds. The normalized spacial score (nSPS) is 11.9. The molecule has 3 rings (SSSR count). The molecule has 2 heterocycles. The zero-order chi connectivity index (χ0) is 16.9. The van der Waals surface area contributed by atoms with Crippen LogP contribution in [0.3, 0.4) is 0 Å². The molecule has 122 valence electrons. The number of nitrogens with zero attached hydrogens (tertiary/aromatic N) is 2. The standard InChI is InChI=1S/C19H18FN3O/c1-14(15-4-2-10-21-13-15)22-19(24)12-18-5-3-11-23(18)17-8-6-16(20)7-9-17/h2-11,13-14H,12H2,1H3,(H,22,24)/t14-/m1/s1. The van der Waals surface area contributed by atoms with Crippen molar-refractivity contribution in [3.8, 4) is 5.69 Å². The number of carbonyl (C=O) groups is 1. The van der Waals surface area contributed by atoms with E-state index in [2.05, 4.69) is 10.3 Å². The van der Waals surface area contributed by atoms with Crippen LogP contribution in [0.2, 0.25) is 0 Å². The highest BCUT2D eigenvalue weighted by Crippen LogP contribution is 2.15. The minimum absolute atomic E-state index is 0.0755. The fourth-order valence-corrected chi connectivity index (χ4v) is 2.59. The molecule has 3 aromatic rings. The molecule has 0 radical (unpaired) electrons. The van der Waals surface area contributed by atoms with Crippen LogP contribution in [0.25, 0.3) is 5.69 Å². The monoisotopic (exact) mass is 323 g/mol. The van der Waals surface area contributed by atoms with Gasteiger partial charge >= 0.3 is 0 Å². The third-order valence-electron chi connectivity index (χ3n) is 3.84. The zero-order valence-electron chi connectivity index (χ0n) is 13.3. The highest BCUT2D eigenvalue weighted by molar-refractivity contribution is 5.78. The van der Waals surface area contributed by atoms with Gasteiger partial charge in [-0.1, -0.05) is 6.07 Å². The van der Waals surface area contributed by atoms with Gasteiger partial charge in [0.15, 0.2) is 0 Å². The Morgan fingerprint density at radius 1 is 1.21 bits per heavy atom. The fraction of sp³-hybridized carbons (Fsp3) is 0.158. The molecular weight excluding hydrogens is 305 g/mol. The Bertz CT molecular complexity index is 812. The first-order valence-electron chi connectivity index (χ1n) is 7.75. The van der Waals surface area contributed by atoms with Crippen LogP contribution in [-0.2, 0) is 11.2 Å². The van der Waals surface area contributed by atoms with Gasteiger partial charge in [-0.25, -0.2) is 4.39 Å². The van der Waals surface area contributed by atoms with Gasteiger partial charge in [-0.2, -0.15) is 0 Å². The number of pyridine rings is 1. The molecule has 0 spiro atoms. The molecule has 2 aromatic heterocycles. The summed E-state index contributed by atoms with van der Waals surface area (Å²) in [6.07, 6.45) is 5.55. The van der Waals surface area contributed by atoms with Crippen LogP contribution < -0.4 is 5.32 Å². The molecule has 5 heteroatoms. The van der Waals surface area contributed by atoms with Gasteiger partial charge in [0.2, 0.25) is 5.91 Å². The van der Waals surface area contributed by atoms with Crippen LogP contribution in [0.4, 0.5) is 4.39 Å². The maximum atomic E-state index is 13.1. The molecule has 0 aliphatic carbocycles. The van der Waals surface area contributed by atoms with Gasteiger partial charge < -0.3 is 9.88 Å². The highest BCUT2D eigenvalue weighted by Gasteiger charge is 2.12. The summed E-state index contributed by atoms with van der Waals surface area (Å²) >= 11 is 0. The second kappa shape index (κ2) is 7.08. The molecule has 1 N–H and O–H groups in total. The zero-order valence-corrected chi connectivity index (χ0v) is 13.3. The molecule has 0 aliphatic heterocycles. The van der Waals surface area contributed by atoms with Crippen molar-refractivity contribution >= 4 is 5.91 Å². The van der Waals surface area contributed by atoms with Crippen molar-refractivity contribution in [2.45, 2.75) is 19.4 Å². The molecule has 4 nitrogen and oxygen atoms in total. The van der Waals surface area contributed by atoms with Crippen LogP contribution in [0.5, 0.6) is 0 Å². The summed E-state index contributed by atoms with van der Waals surface area (Å²) in [5, 5.41) is 2.97. The first kappa shape index (κ1) is 15.9. The fourth-order valence-electron chi connectivity index (χ4n) is 2.59. The highest BCUT2D eigenvalue weighted by atomic mass is 19.1. The van der Waals surface area contributed by atoms with Crippen LogP contribution >= 0.6 is 0 Å². The predicted octanol–water partition coefficient (Wildman–Crippen LogP) is 3.43. The molecule has 1 atom stereocenters.